The lowest BCUT2D eigenvalue weighted by molar-refractivity contribution is -0.126. The van der Waals surface area contributed by atoms with Crippen LogP contribution in [-0.4, -0.2) is 60.9 Å². The second-order valence-corrected chi connectivity index (χ2v) is 8.89. The van der Waals surface area contributed by atoms with Gasteiger partial charge >= 0.3 is 0 Å². The van der Waals surface area contributed by atoms with Crippen molar-refractivity contribution in [2.45, 2.75) is 44.9 Å². The molecule has 0 aromatic heterocycles. The number of nitrogens with one attached hydrogen (secondary N) is 1. The summed E-state index contributed by atoms with van der Waals surface area (Å²) in [6, 6.07) is 7.46. The molecule has 2 amide bonds. The summed E-state index contributed by atoms with van der Waals surface area (Å²) in [5, 5.41) is 3.12. The first-order chi connectivity index (χ1) is 13.6. The molecule has 1 aromatic carbocycles. The minimum Gasteiger partial charge on any atom is -0.356 e. The molecule has 1 N–H and O–H groups in total. The molecule has 154 valence electrons. The van der Waals surface area contributed by atoms with Crippen LogP contribution in [0.3, 0.4) is 0 Å². The second-order valence-electron chi connectivity index (χ2n) is 7.97. The van der Waals surface area contributed by atoms with Crippen LogP contribution in [0, 0.1) is 5.92 Å². The first-order valence-corrected chi connectivity index (χ1v) is 11.5. The Labute approximate surface area is 177 Å². The maximum atomic E-state index is 12.6. The SMILES string of the molecule is O=C(NCCCN1CCCCCC1)C1CCN(C(=O)c2ccc(Br)cc2)CC1. The van der Waals surface area contributed by atoms with Crippen LogP contribution in [-0.2, 0) is 4.79 Å². The van der Waals surface area contributed by atoms with Gasteiger partial charge in [0, 0.05) is 35.6 Å². The number of benzene rings is 1. The molecule has 5 nitrogen and oxygen atoms in total. The van der Waals surface area contributed by atoms with Crippen LogP contribution in [0.25, 0.3) is 0 Å². The first-order valence-electron chi connectivity index (χ1n) is 10.7. The van der Waals surface area contributed by atoms with E-state index in [1.165, 1.54) is 38.8 Å². The third kappa shape index (κ3) is 6.31. The smallest absolute Gasteiger partial charge is 0.253 e. The number of halogens is 1. The Bertz CT molecular complexity index is 634. The zero-order valence-corrected chi connectivity index (χ0v) is 18.3. The molecule has 2 heterocycles. The van der Waals surface area contributed by atoms with E-state index in [4.69, 9.17) is 0 Å². The lowest BCUT2D eigenvalue weighted by Gasteiger charge is -2.31. The topological polar surface area (TPSA) is 52.7 Å². The molecule has 0 atom stereocenters. The molecule has 0 radical (unpaired) electrons. The number of nitrogens with zero attached hydrogens (tertiary/aromatic N) is 2. The molecule has 2 fully saturated rings. The molecular weight excluding hydrogens is 418 g/mol. The summed E-state index contributed by atoms with van der Waals surface area (Å²) >= 11 is 3.39. The average molecular weight is 450 g/mol. The van der Waals surface area contributed by atoms with Crippen LogP contribution in [0.4, 0.5) is 0 Å². The fourth-order valence-corrected chi connectivity index (χ4v) is 4.40. The van der Waals surface area contributed by atoms with E-state index < -0.39 is 0 Å². The zero-order chi connectivity index (χ0) is 19.8. The fraction of sp³-hybridized carbons (Fsp3) is 0.636. The maximum absolute atomic E-state index is 12.6. The van der Waals surface area contributed by atoms with Crippen molar-refractivity contribution < 1.29 is 9.59 Å². The van der Waals surface area contributed by atoms with E-state index in [0.717, 1.165) is 36.8 Å². The van der Waals surface area contributed by atoms with Crippen molar-refractivity contribution in [3.63, 3.8) is 0 Å². The predicted molar refractivity (Wildman–Crippen MR) is 115 cm³/mol. The molecule has 1 aromatic rings. The molecule has 0 unspecified atom stereocenters. The minimum atomic E-state index is 0.0344. The van der Waals surface area contributed by atoms with Crippen molar-refractivity contribution in [1.82, 2.24) is 15.1 Å². The molecule has 3 rings (SSSR count). The lowest BCUT2D eigenvalue weighted by atomic mass is 9.95. The maximum Gasteiger partial charge on any atom is 0.253 e. The van der Waals surface area contributed by atoms with E-state index in [2.05, 4.69) is 26.1 Å². The van der Waals surface area contributed by atoms with Crippen LogP contribution in [0.2, 0.25) is 0 Å². The van der Waals surface area contributed by atoms with Crippen LogP contribution in [0.5, 0.6) is 0 Å². The highest BCUT2D eigenvalue weighted by Crippen LogP contribution is 2.20. The number of hydrogen-bond donors (Lipinski definition) is 1. The van der Waals surface area contributed by atoms with Crippen LogP contribution >= 0.6 is 15.9 Å². The number of carbonyl (C=O) groups excluding carboxylic acids is 2. The number of carbonyl (C=O) groups is 2. The van der Waals surface area contributed by atoms with Gasteiger partial charge in [-0.25, -0.2) is 0 Å². The molecule has 2 aliphatic heterocycles. The first kappa shape index (κ1) is 21.3. The molecule has 2 aliphatic rings. The highest BCUT2D eigenvalue weighted by Gasteiger charge is 2.27. The summed E-state index contributed by atoms with van der Waals surface area (Å²) in [5.41, 5.74) is 0.708. The summed E-state index contributed by atoms with van der Waals surface area (Å²) in [6.45, 7) is 5.56. The van der Waals surface area contributed by atoms with Gasteiger partial charge in [-0.15, -0.1) is 0 Å². The zero-order valence-electron chi connectivity index (χ0n) is 16.7. The molecule has 0 saturated carbocycles. The summed E-state index contributed by atoms with van der Waals surface area (Å²) in [6.07, 6.45) is 7.85. The summed E-state index contributed by atoms with van der Waals surface area (Å²) < 4.78 is 0.968. The summed E-state index contributed by atoms with van der Waals surface area (Å²) in [4.78, 5) is 29.4. The number of amides is 2. The molecule has 2 saturated heterocycles. The Morgan fingerprint density at radius 1 is 0.964 bits per heavy atom. The Kier molecular flexibility index (Phi) is 8.34. The van der Waals surface area contributed by atoms with Crippen molar-refractivity contribution in [1.29, 1.82) is 0 Å². The lowest BCUT2D eigenvalue weighted by Crippen LogP contribution is -2.43. The largest absolute Gasteiger partial charge is 0.356 e. The van der Waals surface area contributed by atoms with Crippen molar-refractivity contribution >= 4 is 27.7 Å². The van der Waals surface area contributed by atoms with E-state index >= 15 is 0 Å². The number of piperidine rings is 1. The summed E-state index contributed by atoms with van der Waals surface area (Å²) in [7, 11) is 0. The van der Waals surface area contributed by atoms with Gasteiger partial charge in [-0.3, -0.25) is 9.59 Å². The quantitative estimate of drug-likeness (QED) is 0.673. The molecule has 6 heteroatoms. The second kappa shape index (κ2) is 11.0. The molecule has 0 spiro atoms. The van der Waals surface area contributed by atoms with E-state index in [-0.39, 0.29) is 17.7 Å². The molecular formula is C22H32BrN3O2. The molecule has 28 heavy (non-hydrogen) atoms. The van der Waals surface area contributed by atoms with E-state index in [0.29, 0.717) is 18.7 Å². The normalized spacial score (nSPS) is 19.2. The van der Waals surface area contributed by atoms with Crippen molar-refractivity contribution in [2.75, 3.05) is 39.3 Å². The van der Waals surface area contributed by atoms with Crippen LogP contribution < -0.4 is 5.32 Å². The number of likely N-dealkylation sites (tertiary alicyclic amines) is 2. The Morgan fingerprint density at radius 3 is 2.25 bits per heavy atom. The Hall–Kier alpha value is -1.40. The van der Waals surface area contributed by atoms with Crippen LogP contribution in [0.1, 0.15) is 55.3 Å². The number of hydrogen-bond acceptors (Lipinski definition) is 3. The van der Waals surface area contributed by atoms with Crippen LogP contribution in [0.15, 0.2) is 28.7 Å². The fourth-order valence-electron chi connectivity index (χ4n) is 4.14. The standard InChI is InChI=1S/C22H32BrN3O2/c23-20-8-6-19(7-9-20)22(28)26-16-10-18(11-17-26)21(27)24-12-5-15-25-13-3-1-2-4-14-25/h6-9,18H,1-5,10-17H2,(H,24,27). The van der Waals surface area contributed by atoms with Crippen molar-refractivity contribution in [3.05, 3.63) is 34.3 Å². The summed E-state index contributed by atoms with van der Waals surface area (Å²) in [5.74, 6) is 0.252. The molecule has 0 bridgehead atoms. The van der Waals surface area contributed by atoms with Crippen molar-refractivity contribution in [3.8, 4) is 0 Å². The van der Waals surface area contributed by atoms with E-state index in [1.54, 1.807) is 0 Å². The monoisotopic (exact) mass is 449 g/mol. The van der Waals surface area contributed by atoms with E-state index in [1.807, 2.05) is 29.2 Å². The van der Waals surface area contributed by atoms with Crippen molar-refractivity contribution in [2.24, 2.45) is 5.92 Å². The predicted octanol–water partition coefficient (Wildman–Crippen LogP) is 3.68. The Morgan fingerprint density at radius 2 is 1.61 bits per heavy atom. The number of rotatable bonds is 6. The third-order valence-corrected chi connectivity index (χ3v) is 6.42. The highest BCUT2D eigenvalue weighted by molar-refractivity contribution is 9.10. The van der Waals surface area contributed by atoms with E-state index in [9.17, 15) is 9.59 Å². The van der Waals surface area contributed by atoms with Gasteiger partial charge in [0.2, 0.25) is 5.91 Å². The average Bonchev–Trinajstić information content (AvgIpc) is 3.00. The van der Waals surface area contributed by atoms with Gasteiger partial charge in [0.25, 0.3) is 5.91 Å². The highest BCUT2D eigenvalue weighted by atomic mass is 79.9. The minimum absolute atomic E-state index is 0.0344. The van der Waals surface area contributed by atoms with Gasteiger partial charge in [0.1, 0.15) is 0 Å². The third-order valence-electron chi connectivity index (χ3n) is 5.89. The van der Waals surface area contributed by atoms with Gasteiger partial charge < -0.3 is 15.1 Å². The van der Waals surface area contributed by atoms with Gasteiger partial charge in [0.05, 0.1) is 0 Å². The Balaban J connectivity index is 1.34. The van der Waals surface area contributed by atoms with Gasteiger partial charge in [-0.2, -0.15) is 0 Å². The van der Waals surface area contributed by atoms with Gasteiger partial charge in [-0.1, -0.05) is 28.8 Å². The van der Waals surface area contributed by atoms with Gasteiger partial charge in [-0.05, 0) is 76.0 Å². The van der Waals surface area contributed by atoms with Gasteiger partial charge in [0.15, 0.2) is 0 Å². The molecule has 0 aliphatic carbocycles.